The first-order valence-electron chi connectivity index (χ1n) is 12.7. The summed E-state index contributed by atoms with van der Waals surface area (Å²) < 4.78 is 41.2. The lowest BCUT2D eigenvalue weighted by Gasteiger charge is -2.41. The molecule has 35 heavy (non-hydrogen) atoms. The Morgan fingerprint density at radius 3 is 2.54 bits per heavy atom. The number of amides is 2. The molecule has 1 aromatic rings. The van der Waals surface area contributed by atoms with Crippen LogP contribution in [0.25, 0.3) is 0 Å². The molecule has 7 nitrogen and oxygen atoms in total. The fourth-order valence-corrected chi connectivity index (χ4v) is 6.36. The van der Waals surface area contributed by atoms with Gasteiger partial charge in [-0.2, -0.15) is 0 Å². The minimum absolute atomic E-state index is 0.00224. The second-order valence-corrected chi connectivity index (χ2v) is 10.9. The number of likely N-dealkylation sites (tertiary alicyclic amines) is 1. The number of hydrogen-bond donors (Lipinski definition) is 1. The summed E-state index contributed by atoms with van der Waals surface area (Å²) in [6.45, 7) is 2.27. The standard InChI is InChI=1S/C25H34F3N5O2/c1-31(18-2-5-25(27,28)6-3-18)19-12-21-23(35)30-24(13-22(34)33(21)16-19)7-10-32(11-8-24)15-17-4-9-29-14-20(17)26/h4,9,14,18-19,21H,2-3,5-8,10-13,15-16H2,1H3,(H,30,35)/t19-,21-/m0/s1. The highest BCUT2D eigenvalue weighted by molar-refractivity contribution is 5.92. The third-order valence-electron chi connectivity index (χ3n) is 8.68. The number of nitrogens with one attached hydrogen (secondary N) is 1. The van der Waals surface area contributed by atoms with Gasteiger partial charge < -0.3 is 10.2 Å². The Hall–Kier alpha value is -2.20. The Balaban J connectivity index is 1.19. The molecular weight excluding hydrogens is 459 g/mol. The molecule has 2 atom stereocenters. The normalized spacial score (nSPS) is 29.3. The highest BCUT2D eigenvalue weighted by atomic mass is 19.3. The first-order chi connectivity index (χ1) is 16.6. The summed E-state index contributed by atoms with van der Waals surface area (Å²) in [5.41, 5.74) is 0.0247. The zero-order valence-corrected chi connectivity index (χ0v) is 20.2. The van der Waals surface area contributed by atoms with Crippen LogP contribution in [-0.4, -0.2) is 87.8 Å². The average Bonchev–Trinajstić information content (AvgIpc) is 3.24. The number of piperidine rings is 1. The molecule has 4 fully saturated rings. The van der Waals surface area contributed by atoms with E-state index < -0.39 is 17.5 Å². The molecule has 5 rings (SSSR count). The zero-order valence-electron chi connectivity index (χ0n) is 20.2. The van der Waals surface area contributed by atoms with Crippen molar-refractivity contribution < 1.29 is 22.8 Å². The molecule has 2 amide bonds. The number of fused-ring (bicyclic) bond motifs is 1. The van der Waals surface area contributed by atoms with E-state index in [0.717, 1.165) is 0 Å². The molecule has 1 spiro atoms. The number of pyridine rings is 1. The minimum atomic E-state index is -2.57. The van der Waals surface area contributed by atoms with Gasteiger partial charge in [-0.15, -0.1) is 0 Å². The number of aromatic nitrogens is 1. The van der Waals surface area contributed by atoms with Gasteiger partial charge in [0.1, 0.15) is 11.9 Å². The third-order valence-corrected chi connectivity index (χ3v) is 8.68. The second-order valence-electron chi connectivity index (χ2n) is 10.9. The summed E-state index contributed by atoms with van der Waals surface area (Å²) in [5.74, 6) is -3.04. The molecule has 1 N–H and O–H groups in total. The highest BCUT2D eigenvalue weighted by Gasteiger charge is 2.50. The van der Waals surface area contributed by atoms with E-state index in [0.29, 0.717) is 63.8 Å². The molecular formula is C25H34F3N5O2. The second kappa shape index (κ2) is 9.35. The Bertz CT molecular complexity index is 930. The number of nitrogens with zero attached hydrogens (tertiary/aromatic N) is 4. The molecule has 1 aliphatic carbocycles. The van der Waals surface area contributed by atoms with E-state index >= 15 is 0 Å². The van der Waals surface area contributed by atoms with E-state index in [1.807, 2.05) is 7.05 Å². The van der Waals surface area contributed by atoms with Crippen LogP contribution in [0.4, 0.5) is 13.2 Å². The maximum atomic E-state index is 14.0. The van der Waals surface area contributed by atoms with E-state index in [2.05, 4.69) is 20.1 Å². The summed E-state index contributed by atoms with van der Waals surface area (Å²) in [6, 6.07) is 1.22. The number of carbonyl (C=O) groups excluding carboxylic acids is 2. The number of likely N-dealkylation sites (N-methyl/N-ethyl adjacent to an activating group) is 1. The molecule has 192 valence electrons. The highest BCUT2D eigenvalue weighted by Crippen LogP contribution is 2.38. The Morgan fingerprint density at radius 2 is 1.86 bits per heavy atom. The molecule has 1 aromatic heterocycles. The van der Waals surface area contributed by atoms with Gasteiger partial charge in [0.15, 0.2) is 0 Å². The van der Waals surface area contributed by atoms with Crippen molar-refractivity contribution in [2.24, 2.45) is 0 Å². The van der Waals surface area contributed by atoms with Crippen LogP contribution in [0.1, 0.15) is 56.9 Å². The predicted octanol–water partition coefficient (Wildman–Crippen LogP) is 2.55. The van der Waals surface area contributed by atoms with E-state index in [9.17, 15) is 22.8 Å². The summed E-state index contributed by atoms with van der Waals surface area (Å²) >= 11 is 0. The fraction of sp³-hybridized carbons (Fsp3) is 0.720. The predicted molar refractivity (Wildman–Crippen MR) is 123 cm³/mol. The summed E-state index contributed by atoms with van der Waals surface area (Å²) in [4.78, 5) is 36.3. The molecule has 4 heterocycles. The van der Waals surface area contributed by atoms with Gasteiger partial charge in [0.05, 0.1) is 18.2 Å². The third kappa shape index (κ3) is 5.05. The molecule has 0 radical (unpaired) electrons. The number of carbonyl (C=O) groups is 2. The first kappa shape index (κ1) is 24.5. The monoisotopic (exact) mass is 493 g/mol. The maximum absolute atomic E-state index is 14.0. The van der Waals surface area contributed by atoms with Crippen molar-refractivity contribution in [3.8, 4) is 0 Å². The van der Waals surface area contributed by atoms with E-state index in [-0.39, 0.29) is 49.0 Å². The van der Waals surface area contributed by atoms with Crippen LogP contribution in [0.3, 0.4) is 0 Å². The quantitative estimate of drug-likeness (QED) is 0.699. The molecule has 1 saturated carbocycles. The number of rotatable bonds is 4. The van der Waals surface area contributed by atoms with Crippen LogP contribution in [0.5, 0.6) is 0 Å². The van der Waals surface area contributed by atoms with Crippen molar-refractivity contribution in [3.05, 3.63) is 29.8 Å². The lowest BCUT2D eigenvalue weighted by Crippen LogP contribution is -2.56. The van der Waals surface area contributed by atoms with Crippen molar-refractivity contribution in [1.29, 1.82) is 0 Å². The topological polar surface area (TPSA) is 68.8 Å². The lowest BCUT2D eigenvalue weighted by atomic mass is 9.83. The van der Waals surface area contributed by atoms with Gasteiger partial charge in [0.25, 0.3) is 0 Å². The molecule has 0 unspecified atom stereocenters. The van der Waals surface area contributed by atoms with Crippen LogP contribution in [0.2, 0.25) is 0 Å². The summed E-state index contributed by atoms with van der Waals surface area (Å²) in [7, 11) is 1.94. The van der Waals surface area contributed by atoms with Crippen LogP contribution < -0.4 is 5.32 Å². The van der Waals surface area contributed by atoms with Crippen LogP contribution >= 0.6 is 0 Å². The van der Waals surface area contributed by atoms with Gasteiger partial charge in [0, 0.05) is 62.9 Å². The summed E-state index contributed by atoms with van der Waals surface area (Å²) in [5, 5.41) is 3.21. The smallest absolute Gasteiger partial charge is 0.248 e. The van der Waals surface area contributed by atoms with Gasteiger partial charge >= 0.3 is 0 Å². The van der Waals surface area contributed by atoms with Crippen LogP contribution in [0.15, 0.2) is 18.5 Å². The van der Waals surface area contributed by atoms with Crippen LogP contribution in [-0.2, 0) is 16.1 Å². The van der Waals surface area contributed by atoms with Crippen molar-refractivity contribution in [1.82, 2.24) is 25.0 Å². The minimum Gasteiger partial charge on any atom is -0.348 e. The molecule has 0 aromatic carbocycles. The van der Waals surface area contributed by atoms with Crippen LogP contribution in [0, 0.1) is 5.82 Å². The Kier molecular flexibility index (Phi) is 6.54. The Labute approximate surface area is 204 Å². The van der Waals surface area contributed by atoms with E-state index in [1.54, 1.807) is 17.2 Å². The largest absolute Gasteiger partial charge is 0.348 e. The SMILES string of the molecule is CN(C1CCC(F)(F)CC1)[C@H]1C[C@H]2C(=O)NC3(CCN(Cc4ccncc4F)CC3)CC(=O)N2C1. The first-order valence-corrected chi connectivity index (χ1v) is 12.7. The number of alkyl halides is 2. The Morgan fingerprint density at radius 1 is 1.14 bits per heavy atom. The van der Waals surface area contributed by atoms with E-state index in [1.165, 1.54) is 6.20 Å². The van der Waals surface area contributed by atoms with Crippen molar-refractivity contribution in [2.45, 2.75) is 87.5 Å². The maximum Gasteiger partial charge on any atom is 0.248 e. The molecule has 4 aliphatic rings. The van der Waals surface area contributed by atoms with E-state index in [4.69, 9.17) is 0 Å². The van der Waals surface area contributed by atoms with Crippen molar-refractivity contribution in [2.75, 3.05) is 26.7 Å². The molecule has 10 heteroatoms. The van der Waals surface area contributed by atoms with Gasteiger partial charge in [0.2, 0.25) is 17.7 Å². The average molecular weight is 494 g/mol. The lowest BCUT2D eigenvalue weighted by molar-refractivity contribution is -0.135. The van der Waals surface area contributed by atoms with Crippen molar-refractivity contribution in [3.63, 3.8) is 0 Å². The zero-order chi connectivity index (χ0) is 24.8. The number of halogens is 3. The fourth-order valence-electron chi connectivity index (χ4n) is 6.36. The molecule has 3 aliphatic heterocycles. The van der Waals surface area contributed by atoms with Gasteiger partial charge in [-0.3, -0.25) is 24.4 Å². The number of hydrogen-bond acceptors (Lipinski definition) is 5. The van der Waals surface area contributed by atoms with Gasteiger partial charge in [-0.05, 0) is 45.2 Å². The van der Waals surface area contributed by atoms with Crippen molar-refractivity contribution >= 4 is 11.8 Å². The molecule has 3 saturated heterocycles. The van der Waals surface area contributed by atoms with Gasteiger partial charge in [-0.25, -0.2) is 13.2 Å². The summed E-state index contributed by atoms with van der Waals surface area (Å²) in [6.07, 6.45) is 5.53. The van der Waals surface area contributed by atoms with Gasteiger partial charge in [-0.1, -0.05) is 0 Å². The molecule has 0 bridgehead atoms.